The molecule has 1 amide bonds. The van der Waals surface area contributed by atoms with E-state index in [0.717, 1.165) is 25.9 Å². The third-order valence-electron chi connectivity index (χ3n) is 5.20. The number of hydrogen-bond donors (Lipinski definition) is 1. The second kappa shape index (κ2) is 7.78. The zero-order valence-electron chi connectivity index (χ0n) is 14.2. The molecule has 1 aliphatic carbocycles. The number of allylic oxidation sites excluding steroid dienone is 2. The summed E-state index contributed by atoms with van der Waals surface area (Å²) in [6, 6.07) is 9.13. The molecule has 0 saturated carbocycles. The van der Waals surface area contributed by atoms with Gasteiger partial charge in [-0.2, -0.15) is 0 Å². The van der Waals surface area contributed by atoms with Crippen LogP contribution in [-0.2, 0) is 4.79 Å². The summed E-state index contributed by atoms with van der Waals surface area (Å²) in [7, 11) is 1.83. The first kappa shape index (κ1) is 16.3. The maximum absolute atomic E-state index is 12.0. The molecule has 0 aromatic heterocycles. The molecule has 3 heteroatoms. The van der Waals surface area contributed by atoms with Gasteiger partial charge in [0.25, 0.3) is 0 Å². The quantitative estimate of drug-likeness (QED) is 0.922. The Morgan fingerprint density at radius 3 is 2.78 bits per heavy atom. The van der Waals surface area contributed by atoms with Gasteiger partial charge >= 0.3 is 0 Å². The molecule has 0 bridgehead atoms. The second-order valence-corrected chi connectivity index (χ2v) is 6.79. The van der Waals surface area contributed by atoms with Crippen molar-refractivity contribution in [3.63, 3.8) is 0 Å². The van der Waals surface area contributed by atoms with Crippen LogP contribution in [0.4, 0.5) is 0 Å². The number of benzene rings is 1. The second-order valence-electron chi connectivity index (χ2n) is 6.79. The summed E-state index contributed by atoms with van der Waals surface area (Å²) in [6.45, 7) is 2.23. The van der Waals surface area contributed by atoms with E-state index in [1.165, 1.54) is 42.4 Å². The minimum absolute atomic E-state index is 0.229. The van der Waals surface area contributed by atoms with Gasteiger partial charge in [-0.05, 0) is 68.2 Å². The van der Waals surface area contributed by atoms with Crippen LogP contribution in [0, 0.1) is 0 Å². The van der Waals surface area contributed by atoms with Gasteiger partial charge in [0.1, 0.15) is 0 Å². The van der Waals surface area contributed by atoms with Crippen molar-refractivity contribution in [2.24, 2.45) is 0 Å². The van der Waals surface area contributed by atoms with Crippen molar-refractivity contribution < 1.29 is 4.79 Å². The smallest absolute Gasteiger partial charge is 0.236 e. The number of piperidine rings is 1. The van der Waals surface area contributed by atoms with Crippen molar-refractivity contribution >= 4 is 11.5 Å². The summed E-state index contributed by atoms with van der Waals surface area (Å²) < 4.78 is 0. The van der Waals surface area contributed by atoms with Gasteiger partial charge in [0, 0.05) is 13.1 Å². The molecule has 23 heavy (non-hydrogen) atoms. The van der Waals surface area contributed by atoms with Crippen LogP contribution < -0.4 is 5.32 Å². The number of carbonyl (C=O) groups excluding carboxylic acids is 1. The van der Waals surface area contributed by atoms with Crippen LogP contribution in [0.2, 0.25) is 0 Å². The average molecular weight is 312 g/mol. The lowest BCUT2D eigenvalue weighted by Gasteiger charge is -2.32. The predicted molar refractivity (Wildman–Crippen MR) is 95.4 cm³/mol. The topological polar surface area (TPSA) is 32.3 Å². The maximum atomic E-state index is 12.0. The summed E-state index contributed by atoms with van der Waals surface area (Å²) in [4.78, 5) is 14.0. The predicted octanol–water partition coefficient (Wildman–Crippen LogP) is 3.57. The molecule has 1 aromatic carbocycles. The van der Waals surface area contributed by atoms with Crippen LogP contribution >= 0.6 is 0 Å². The molecule has 3 nitrogen and oxygen atoms in total. The molecular weight excluding hydrogens is 284 g/mol. The molecule has 1 saturated heterocycles. The van der Waals surface area contributed by atoms with Crippen molar-refractivity contribution in [2.45, 2.75) is 44.4 Å². The number of hydrogen-bond acceptors (Lipinski definition) is 2. The van der Waals surface area contributed by atoms with Gasteiger partial charge < -0.3 is 10.2 Å². The molecule has 1 heterocycles. The van der Waals surface area contributed by atoms with Gasteiger partial charge in [0.15, 0.2) is 0 Å². The van der Waals surface area contributed by atoms with Crippen molar-refractivity contribution in [1.29, 1.82) is 0 Å². The first-order chi connectivity index (χ1) is 11.3. The number of likely N-dealkylation sites (N-methyl/N-ethyl adjacent to an activating group) is 1. The Labute approximate surface area is 139 Å². The van der Waals surface area contributed by atoms with Crippen LogP contribution in [0.15, 0.2) is 30.3 Å². The summed E-state index contributed by atoms with van der Waals surface area (Å²) >= 11 is 0. The molecular formula is C20H28N2O. The SMILES string of the molecule is CNCC(=O)N1CCC(c2cccc(C3=CCCCC3)c2)CC1. The minimum Gasteiger partial charge on any atom is -0.342 e. The Bertz CT molecular complexity index is 571. The molecule has 1 aliphatic heterocycles. The largest absolute Gasteiger partial charge is 0.342 e. The van der Waals surface area contributed by atoms with E-state index in [1.54, 1.807) is 0 Å². The molecule has 0 unspecified atom stereocenters. The van der Waals surface area contributed by atoms with Gasteiger partial charge in [-0.1, -0.05) is 30.3 Å². The molecule has 1 fully saturated rings. The number of rotatable bonds is 4. The fraction of sp³-hybridized carbons (Fsp3) is 0.550. The van der Waals surface area contributed by atoms with E-state index in [1.807, 2.05) is 11.9 Å². The number of amides is 1. The number of nitrogens with zero attached hydrogens (tertiary/aromatic N) is 1. The van der Waals surface area contributed by atoms with Crippen molar-refractivity contribution in [1.82, 2.24) is 10.2 Å². The standard InChI is InChI=1S/C20H28N2O/c1-21-15-20(23)22-12-10-17(11-13-22)19-9-5-8-18(14-19)16-6-3-2-4-7-16/h5-6,8-9,14,17,21H,2-4,7,10-13,15H2,1H3. The fourth-order valence-corrected chi connectivity index (χ4v) is 3.82. The molecule has 3 rings (SSSR count). The highest BCUT2D eigenvalue weighted by Gasteiger charge is 2.23. The summed E-state index contributed by atoms with van der Waals surface area (Å²) in [5, 5.41) is 2.95. The van der Waals surface area contributed by atoms with Gasteiger partial charge in [-0.15, -0.1) is 0 Å². The third-order valence-corrected chi connectivity index (χ3v) is 5.20. The Morgan fingerprint density at radius 1 is 1.26 bits per heavy atom. The van der Waals surface area contributed by atoms with Gasteiger partial charge in [-0.3, -0.25) is 4.79 Å². The van der Waals surface area contributed by atoms with Crippen LogP contribution in [0.3, 0.4) is 0 Å². The molecule has 0 radical (unpaired) electrons. The van der Waals surface area contributed by atoms with E-state index in [9.17, 15) is 4.79 Å². The van der Waals surface area contributed by atoms with Crippen molar-refractivity contribution in [3.8, 4) is 0 Å². The van der Waals surface area contributed by atoms with Crippen molar-refractivity contribution in [3.05, 3.63) is 41.5 Å². The van der Waals surface area contributed by atoms with Crippen molar-refractivity contribution in [2.75, 3.05) is 26.7 Å². The van der Waals surface area contributed by atoms with E-state index in [-0.39, 0.29) is 5.91 Å². The van der Waals surface area contributed by atoms with Gasteiger partial charge in [0.05, 0.1) is 6.54 Å². The first-order valence-electron chi connectivity index (χ1n) is 8.99. The highest BCUT2D eigenvalue weighted by molar-refractivity contribution is 5.78. The van der Waals surface area contributed by atoms with E-state index < -0.39 is 0 Å². The summed E-state index contributed by atoms with van der Waals surface area (Å²) in [5.74, 6) is 0.824. The van der Waals surface area contributed by atoms with Crippen LogP contribution in [0.1, 0.15) is 55.6 Å². The third kappa shape index (κ3) is 4.03. The van der Waals surface area contributed by atoms with Gasteiger partial charge in [0.2, 0.25) is 5.91 Å². The monoisotopic (exact) mass is 312 g/mol. The first-order valence-corrected chi connectivity index (χ1v) is 8.99. The molecule has 0 atom stereocenters. The maximum Gasteiger partial charge on any atom is 0.236 e. The Kier molecular flexibility index (Phi) is 5.50. The lowest BCUT2D eigenvalue weighted by Crippen LogP contribution is -2.41. The number of nitrogens with one attached hydrogen (secondary N) is 1. The molecule has 0 spiro atoms. The molecule has 1 N–H and O–H groups in total. The number of likely N-dealkylation sites (tertiary alicyclic amines) is 1. The molecule has 2 aliphatic rings. The van der Waals surface area contributed by atoms with Gasteiger partial charge in [-0.25, -0.2) is 0 Å². The van der Waals surface area contributed by atoms with Crippen LogP contribution in [0.5, 0.6) is 0 Å². The van der Waals surface area contributed by atoms with Crippen LogP contribution in [-0.4, -0.2) is 37.5 Å². The highest BCUT2D eigenvalue weighted by atomic mass is 16.2. The van der Waals surface area contributed by atoms with E-state index in [4.69, 9.17) is 0 Å². The molecule has 124 valence electrons. The zero-order chi connectivity index (χ0) is 16.1. The lowest BCUT2D eigenvalue weighted by molar-refractivity contribution is -0.131. The highest BCUT2D eigenvalue weighted by Crippen LogP contribution is 2.32. The van der Waals surface area contributed by atoms with E-state index in [2.05, 4.69) is 35.7 Å². The van der Waals surface area contributed by atoms with E-state index in [0.29, 0.717) is 12.5 Å². The van der Waals surface area contributed by atoms with Crippen LogP contribution in [0.25, 0.3) is 5.57 Å². The minimum atomic E-state index is 0.229. The average Bonchev–Trinajstić information content (AvgIpc) is 2.63. The summed E-state index contributed by atoms with van der Waals surface area (Å²) in [6.07, 6.45) is 9.69. The Morgan fingerprint density at radius 2 is 2.09 bits per heavy atom. The normalized spacial score (nSPS) is 19.5. The lowest BCUT2D eigenvalue weighted by atomic mass is 9.86. The van der Waals surface area contributed by atoms with E-state index >= 15 is 0 Å². The fourth-order valence-electron chi connectivity index (χ4n) is 3.82. The Hall–Kier alpha value is -1.61. The Balaban J connectivity index is 1.64. The zero-order valence-corrected chi connectivity index (χ0v) is 14.2. The summed E-state index contributed by atoms with van der Waals surface area (Å²) in [5.41, 5.74) is 4.39. The molecule has 1 aromatic rings. The number of carbonyl (C=O) groups is 1.